The lowest BCUT2D eigenvalue weighted by Gasteiger charge is -2.40. The standard InChI is InChI=1S/C11H13N3O4/c1-18-11(15)12-8-6-13(7-8)9-2-4-10(5-3-9)14(16)17/h2-5,8H,6-7H2,1H3,(H,12,15). The van der Waals surface area contributed by atoms with Gasteiger partial charge < -0.3 is 15.0 Å². The highest BCUT2D eigenvalue weighted by atomic mass is 16.6. The summed E-state index contributed by atoms with van der Waals surface area (Å²) < 4.78 is 4.50. The number of nitro groups is 1. The molecule has 0 aromatic heterocycles. The summed E-state index contributed by atoms with van der Waals surface area (Å²) in [6, 6.07) is 6.40. The first-order valence-electron chi connectivity index (χ1n) is 5.44. The van der Waals surface area contributed by atoms with Gasteiger partial charge in [-0.25, -0.2) is 4.79 Å². The molecule has 1 aromatic rings. The van der Waals surface area contributed by atoms with Gasteiger partial charge in [0.1, 0.15) is 0 Å². The Morgan fingerprint density at radius 1 is 1.44 bits per heavy atom. The summed E-state index contributed by atoms with van der Waals surface area (Å²) in [5.74, 6) is 0. The summed E-state index contributed by atoms with van der Waals surface area (Å²) in [5.41, 5.74) is 0.979. The van der Waals surface area contributed by atoms with Crippen LogP contribution in [0.5, 0.6) is 0 Å². The molecule has 0 atom stereocenters. The summed E-state index contributed by atoms with van der Waals surface area (Å²) in [5, 5.41) is 13.2. The van der Waals surface area contributed by atoms with Crippen molar-refractivity contribution in [3.05, 3.63) is 34.4 Å². The Hall–Kier alpha value is -2.31. The average Bonchev–Trinajstić information content (AvgIpc) is 2.33. The predicted molar refractivity (Wildman–Crippen MR) is 64.6 cm³/mol. The lowest BCUT2D eigenvalue weighted by molar-refractivity contribution is -0.384. The number of alkyl carbamates (subject to hydrolysis) is 1. The van der Waals surface area contributed by atoms with E-state index < -0.39 is 11.0 Å². The monoisotopic (exact) mass is 251 g/mol. The van der Waals surface area contributed by atoms with Crippen LogP contribution in [0.1, 0.15) is 0 Å². The molecule has 0 spiro atoms. The molecule has 7 heteroatoms. The minimum Gasteiger partial charge on any atom is -0.453 e. The smallest absolute Gasteiger partial charge is 0.407 e. The van der Waals surface area contributed by atoms with E-state index in [1.54, 1.807) is 12.1 Å². The van der Waals surface area contributed by atoms with E-state index in [2.05, 4.69) is 10.1 Å². The summed E-state index contributed by atoms with van der Waals surface area (Å²) in [6.07, 6.45) is -0.441. The Kier molecular flexibility index (Phi) is 3.31. The van der Waals surface area contributed by atoms with Gasteiger partial charge in [0.05, 0.1) is 18.1 Å². The maximum absolute atomic E-state index is 11.0. The number of hydrogen-bond donors (Lipinski definition) is 1. The fourth-order valence-electron chi connectivity index (χ4n) is 1.79. The van der Waals surface area contributed by atoms with E-state index in [9.17, 15) is 14.9 Å². The predicted octanol–water partition coefficient (Wildman–Crippen LogP) is 1.14. The lowest BCUT2D eigenvalue weighted by atomic mass is 10.1. The fraction of sp³-hybridized carbons (Fsp3) is 0.364. The van der Waals surface area contributed by atoms with Crippen LogP contribution < -0.4 is 10.2 Å². The van der Waals surface area contributed by atoms with Crippen molar-refractivity contribution in [3.8, 4) is 0 Å². The molecule has 1 amide bonds. The van der Waals surface area contributed by atoms with Crippen molar-refractivity contribution < 1.29 is 14.5 Å². The second-order valence-electron chi connectivity index (χ2n) is 4.01. The Balaban J connectivity index is 1.88. The number of nitrogens with one attached hydrogen (secondary N) is 1. The topological polar surface area (TPSA) is 84.7 Å². The van der Waals surface area contributed by atoms with Crippen LogP contribution in [0.2, 0.25) is 0 Å². The largest absolute Gasteiger partial charge is 0.453 e. The number of rotatable bonds is 3. The number of amides is 1. The van der Waals surface area contributed by atoms with Crippen molar-refractivity contribution in [2.75, 3.05) is 25.1 Å². The van der Waals surface area contributed by atoms with E-state index in [1.165, 1.54) is 19.2 Å². The number of methoxy groups -OCH3 is 1. The van der Waals surface area contributed by atoms with E-state index in [0.29, 0.717) is 13.1 Å². The summed E-state index contributed by atoms with van der Waals surface area (Å²) in [6.45, 7) is 1.35. The first kappa shape index (κ1) is 12.2. The maximum Gasteiger partial charge on any atom is 0.407 e. The second-order valence-corrected chi connectivity index (χ2v) is 4.01. The van der Waals surface area contributed by atoms with Gasteiger partial charge in [0, 0.05) is 30.9 Å². The zero-order valence-corrected chi connectivity index (χ0v) is 9.83. The second kappa shape index (κ2) is 4.91. The molecule has 0 saturated carbocycles. The van der Waals surface area contributed by atoms with Gasteiger partial charge in [-0.15, -0.1) is 0 Å². The zero-order valence-electron chi connectivity index (χ0n) is 9.83. The summed E-state index contributed by atoms with van der Waals surface area (Å²) in [7, 11) is 1.32. The van der Waals surface area contributed by atoms with E-state index in [-0.39, 0.29) is 11.7 Å². The highest BCUT2D eigenvalue weighted by molar-refractivity contribution is 5.68. The number of non-ortho nitro benzene ring substituents is 1. The van der Waals surface area contributed by atoms with Gasteiger partial charge in [-0.1, -0.05) is 0 Å². The molecule has 1 N–H and O–H groups in total. The summed E-state index contributed by atoms with van der Waals surface area (Å²) >= 11 is 0. The Morgan fingerprint density at radius 3 is 2.56 bits per heavy atom. The third kappa shape index (κ3) is 2.50. The van der Waals surface area contributed by atoms with E-state index in [4.69, 9.17) is 0 Å². The first-order valence-corrected chi connectivity index (χ1v) is 5.44. The van der Waals surface area contributed by atoms with Gasteiger partial charge in [0.2, 0.25) is 0 Å². The number of nitrogens with zero attached hydrogens (tertiary/aromatic N) is 2. The molecule has 1 fully saturated rings. The zero-order chi connectivity index (χ0) is 13.1. The van der Waals surface area contributed by atoms with Gasteiger partial charge in [-0.3, -0.25) is 10.1 Å². The van der Waals surface area contributed by atoms with Crippen LogP contribution in [-0.4, -0.2) is 37.3 Å². The molecule has 1 aromatic carbocycles. The number of hydrogen-bond acceptors (Lipinski definition) is 5. The molecule has 7 nitrogen and oxygen atoms in total. The third-order valence-corrected chi connectivity index (χ3v) is 2.81. The normalized spacial score (nSPS) is 14.8. The van der Waals surface area contributed by atoms with Gasteiger partial charge in [0.15, 0.2) is 0 Å². The number of benzene rings is 1. The SMILES string of the molecule is COC(=O)NC1CN(c2ccc([N+](=O)[O-])cc2)C1. The Morgan fingerprint density at radius 2 is 2.06 bits per heavy atom. The Labute approximate surface area is 103 Å². The van der Waals surface area contributed by atoms with Crippen molar-refractivity contribution in [1.29, 1.82) is 0 Å². The minimum absolute atomic E-state index is 0.0626. The van der Waals surface area contributed by atoms with Crippen LogP contribution in [-0.2, 0) is 4.74 Å². The number of nitro benzene ring substituents is 1. The maximum atomic E-state index is 11.0. The number of anilines is 1. The van der Waals surface area contributed by atoms with E-state index >= 15 is 0 Å². The molecule has 0 unspecified atom stereocenters. The van der Waals surface area contributed by atoms with Crippen LogP contribution in [0.15, 0.2) is 24.3 Å². The van der Waals surface area contributed by atoms with E-state index in [0.717, 1.165) is 5.69 Å². The first-order chi connectivity index (χ1) is 8.60. The van der Waals surface area contributed by atoms with Crippen molar-refractivity contribution >= 4 is 17.5 Å². The molecule has 1 heterocycles. The lowest BCUT2D eigenvalue weighted by Crippen LogP contribution is -2.59. The molecular weight excluding hydrogens is 238 g/mol. The highest BCUT2D eigenvalue weighted by Crippen LogP contribution is 2.23. The quantitative estimate of drug-likeness (QED) is 0.643. The molecule has 0 bridgehead atoms. The van der Waals surface area contributed by atoms with Gasteiger partial charge in [-0.05, 0) is 12.1 Å². The van der Waals surface area contributed by atoms with Crippen LogP contribution in [0, 0.1) is 10.1 Å². The van der Waals surface area contributed by atoms with Crippen molar-refractivity contribution in [2.45, 2.75) is 6.04 Å². The average molecular weight is 251 g/mol. The van der Waals surface area contributed by atoms with Gasteiger partial charge in [-0.2, -0.15) is 0 Å². The molecule has 1 aliphatic rings. The fourth-order valence-corrected chi connectivity index (χ4v) is 1.79. The molecule has 18 heavy (non-hydrogen) atoms. The minimum atomic E-state index is -0.441. The molecule has 1 saturated heterocycles. The van der Waals surface area contributed by atoms with Crippen LogP contribution in [0.4, 0.5) is 16.2 Å². The van der Waals surface area contributed by atoms with Crippen molar-refractivity contribution in [1.82, 2.24) is 5.32 Å². The molecular formula is C11H13N3O4. The number of ether oxygens (including phenoxy) is 1. The summed E-state index contributed by atoms with van der Waals surface area (Å²) in [4.78, 5) is 23.0. The number of carbonyl (C=O) groups is 1. The molecule has 0 radical (unpaired) electrons. The third-order valence-electron chi connectivity index (χ3n) is 2.81. The molecule has 0 aliphatic carbocycles. The van der Waals surface area contributed by atoms with Gasteiger partial charge in [0.25, 0.3) is 5.69 Å². The van der Waals surface area contributed by atoms with Crippen LogP contribution >= 0.6 is 0 Å². The molecule has 1 aliphatic heterocycles. The van der Waals surface area contributed by atoms with Crippen LogP contribution in [0.25, 0.3) is 0 Å². The van der Waals surface area contributed by atoms with Crippen molar-refractivity contribution in [3.63, 3.8) is 0 Å². The van der Waals surface area contributed by atoms with Gasteiger partial charge >= 0.3 is 6.09 Å². The van der Waals surface area contributed by atoms with Crippen molar-refractivity contribution in [2.24, 2.45) is 0 Å². The Bertz CT molecular complexity index is 454. The molecule has 2 rings (SSSR count). The van der Waals surface area contributed by atoms with Crippen LogP contribution in [0.3, 0.4) is 0 Å². The number of carbonyl (C=O) groups excluding carboxylic acids is 1. The molecule has 96 valence electrons. The highest BCUT2D eigenvalue weighted by Gasteiger charge is 2.28. The van der Waals surface area contributed by atoms with E-state index in [1.807, 2.05) is 4.90 Å².